The number of fused-ring (bicyclic) bond motifs is 1. The lowest BCUT2D eigenvalue weighted by atomic mass is 10.0. The Kier molecular flexibility index (Phi) is 6.27. The van der Waals surface area contributed by atoms with Crippen molar-refractivity contribution in [3.63, 3.8) is 0 Å². The number of rotatable bonds is 4. The zero-order valence-electron chi connectivity index (χ0n) is 17.0. The Morgan fingerprint density at radius 2 is 1.65 bits per heavy atom. The first-order valence-corrected chi connectivity index (χ1v) is 9.57. The van der Waals surface area contributed by atoms with Crippen LogP contribution in [0.1, 0.15) is 36.7 Å². The average molecular weight is 455 g/mol. The Balaban J connectivity index is 2.08. The van der Waals surface area contributed by atoms with Crippen LogP contribution in [0, 0.1) is 6.92 Å². The van der Waals surface area contributed by atoms with Gasteiger partial charge in [0.2, 0.25) is 0 Å². The largest absolute Gasteiger partial charge is 0.456 e. The number of aryl methyl sites for hydroxylation is 1. The summed E-state index contributed by atoms with van der Waals surface area (Å²) in [5.74, 6) is -4.12. The van der Waals surface area contributed by atoms with Crippen LogP contribution in [0.25, 0.3) is 0 Å². The van der Waals surface area contributed by atoms with Crippen molar-refractivity contribution >= 4 is 47.0 Å². The molecule has 0 radical (unpaired) electrons. The predicted molar refractivity (Wildman–Crippen MR) is 102 cm³/mol. The fraction of sp³-hybridized carbons (Fsp3) is 0.474. The number of carbonyl (C=O) groups is 5. The minimum atomic E-state index is -1.43. The van der Waals surface area contributed by atoms with Gasteiger partial charge in [0, 0.05) is 20.8 Å². The molecule has 1 amide bonds. The Bertz CT molecular complexity index is 979. The quantitative estimate of drug-likeness (QED) is 0.277. The fourth-order valence-electron chi connectivity index (χ4n) is 3.56. The van der Waals surface area contributed by atoms with E-state index in [-0.39, 0.29) is 23.1 Å². The summed E-state index contributed by atoms with van der Waals surface area (Å²) < 4.78 is 21.4. The molecule has 1 fully saturated rings. The van der Waals surface area contributed by atoms with Gasteiger partial charge in [0.15, 0.2) is 30.4 Å². The van der Waals surface area contributed by atoms with Crippen LogP contribution < -0.4 is 4.90 Å². The van der Waals surface area contributed by atoms with Gasteiger partial charge in [-0.3, -0.25) is 28.9 Å². The van der Waals surface area contributed by atoms with Gasteiger partial charge in [-0.25, -0.2) is 4.98 Å². The van der Waals surface area contributed by atoms with E-state index in [0.717, 1.165) is 25.7 Å². The summed E-state index contributed by atoms with van der Waals surface area (Å²) in [5.41, 5.74) is 0.454. The van der Waals surface area contributed by atoms with Crippen molar-refractivity contribution in [2.24, 2.45) is 0 Å². The van der Waals surface area contributed by atoms with Crippen LogP contribution in [-0.4, -0.2) is 65.7 Å². The van der Waals surface area contributed by atoms with Gasteiger partial charge in [-0.2, -0.15) is 0 Å². The third-order valence-corrected chi connectivity index (χ3v) is 4.81. The van der Waals surface area contributed by atoms with Gasteiger partial charge in [0.1, 0.15) is 5.15 Å². The van der Waals surface area contributed by atoms with Gasteiger partial charge in [-0.15, -0.1) is 0 Å². The second-order valence-electron chi connectivity index (χ2n) is 6.98. The Hall–Kier alpha value is -3.05. The SMILES string of the molecule is CC(=O)O[C@@H]1[C@@H](OC(C)=O)[C@H](N2C(=O)C(=O)c3c(C)cc(Cl)nc32)OC[C@@H]1OC(C)=O. The van der Waals surface area contributed by atoms with Gasteiger partial charge in [-0.1, -0.05) is 11.6 Å². The Morgan fingerprint density at radius 3 is 2.23 bits per heavy atom. The van der Waals surface area contributed by atoms with E-state index in [4.69, 9.17) is 30.5 Å². The molecule has 0 bridgehead atoms. The van der Waals surface area contributed by atoms with Gasteiger partial charge < -0.3 is 18.9 Å². The van der Waals surface area contributed by atoms with Crippen molar-refractivity contribution in [2.75, 3.05) is 11.5 Å². The number of Topliss-reactive ketones (excluding diaryl/α,β-unsaturated/α-hetero) is 1. The maximum absolute atomic E-state index is 12.8. The molecule has 3 rings (SSSR count). The summed E-state index contributed by atoms with van der Waals surface area (Å²) in [4.78, 5) is 65.4. The molecular weight excluding hydrogens is 436 g/mol. The molecule has 0 N–H and O–H groups in total. The summed E-state index contributed by atoms with van der Waals surface area (Å²) >= 11 is 6.01. The average Bonchev–Trinajstić information content (AvgIpc) is 2.88. The van der Waals surface area contributed by atoms with Crippen molar-refractivity contribution in [3.8, 4) is 0 Å². The molecule has 12 heteroatoms. The molecule has 0 aromatic carbocycles. The molecule has 0 spiro atoms. The minimum Gasteiger partial charge on any atom is -0.456 e. The smallest absolute Gasteiger partial charge is 0.303 e. The highest BCUT2D eigenvalue weighted by molar-refractivity contribution is 6.52. The van der Waals surface area contributed by atoms with Crippen LogP contribution in [-0.2, 0) is 38.1 Å². The number of anilines is 1. The number of nitrogens with zero attached hydrogens (tertiary/aromatic N) is 2. The van der Waals surface area contributed by atoms with E-state index in [2.05, 4.69) is 4.98 Å². The number of carbonyl (C=O) groups excluding carboxylic acids is 5. The summed E-state index contributed by atoms with van der Waals surface area (Å²) in [5, 5.41) is 0.0259. The first-order chi connectivity index (χ1) is 14.5. The summed E-state index contributed by atoms with van der Waals surface area (Å²) in [7, 11) is 0. The molecule has 0 unspecified atom stereocenters. The lowest BCUT2D eigenvalue weighted by Crippen LogP contribution is -2.63. The first kappa shape index (κ1) is 22.6. The lowest BCUT2D eigenvalue weighted by molar-refractivity contribution is -0.225. The van der Waals surface area contributed by atoms with E-state index >= 15 is 0 Å². The third kappa shape index (κ3) is 4.37. The number of ketones is 1. The predicted octanol–water partition coefficient (Wildman–Crippen LogP) is 0.724. The van der Waals surface area contributed by atoms with Gasteiger partial charge >= 0.3 is 23.8 Å². The molecule has 3 heterocycles. The molecule has 2 aliphatic rings. The number of aromatic nitrogens is 1. The van der Waals surface area contributed by atoms with Crippen LogP contribution in [0.15, 0.2) is 6.07 Å². The van der Waals surface area contributed by atoms with Crippen LogP contribution in [0.4, 0.5) is 5.82 Å². The maximum atomic E-state index is 12.8. The number of hydrogen-bond donors (Lipinski definition) is 0. The van der Waals surface area contributed by atoms with Crippen LogP contribution >= 0.6 is 11.6 Å². The van der Waals surface area contributed by atoms with Crippen molar-refractivity contribution in [3.05, 3.63) is 22.3 Å². The van der Waals surface area contributed by atoms with E-state index in [0.29, 0.717) is 5.56 Å². The number of pyridine rings is 1. The highest BCUT2D eigenvalue weighted by Gasteiger charge is 2.54. The van der Waals surface area contributed by atoms with Crippen molar-refractivity contribution in [1.82, 2.24) is 4.98 Å². The normalized spacial score (nSPS) is 25.1. The molecule has 11 nitrogen and oxygen atoms in total. The van der Waals surface area contributed by atoms with Crippen LogP contribution in [0.5, 0.6) is 0 Å². The molecule has 1 aromatic rings. The van der Waals surface area contributed by atoms with Crippen LogP contribution in [0.3, 0.4) is 0 Å². The fourth-order valence-corrected chi connectivity index (χ4v) is 3.81. The molecule has 31 heavy (non-hydrogen) atoms. The second kappa shape index (κ2) is 8.60. The van der Waals surface area contributed by atoms with Crippen molar-refractivity contribution in [1.29, 1.82) is 0 Å². The number of amides is 1. The van der Waals surface area contributed by atoms with Crippen molar-refractivity contribution in [2.45, 2.75) is 52.2 Å². The first-order valence-electron chi connectivity index (χ1n) is 9.19. The molecule has 4 atom stereocenters. The molecular formula is C19H19ClN2O9. The number of esters is 3. The second-order valence-corrected chi connectivity index (χ2v) is 7.37. The summed E-state index contributed by atoms with van der Waals surface area (Å²) in [6, 6.07) is 1.43. The number of hydrogen-bond acceptors (Lipinski definition) is 10. The highest BCUT2D eigenvalue weighted by atomic mass is 35.5. The van der Waals surface area contributed by atoms with E-state index in [1.165, 1.54) is 6.07 Å². The molecule has 1 saturated heterocycles. The van der Waals surface area contributed by atoms with Gasteiger partial charge in [-0.05, 0) is 18.6 Å². The monoisotopic (exact) mass is 454 g/mol. The molecule has 1 aromatic heterocycles. The standard InChI is InChI=1S/C19H19ClN2O9/c1-7-5-12(20)21-17-13(7)14(26)18(27)22(17)19-16(31-10(4)25)15(30-9(3)24)11(6-28-19)29-8(2)23/h5,11,15-16,19H,6H2,1-4H3/t11-,15-,16+,19+/m0/s1. The minimum absolute atomic E-state index is 0.0259. The Morgan fingerprint density at radius 1 is 1.06 bits per heavy atom. The summed E-state index contributed by atoms with van der Waals surface area (Å²) in [6.45, 7) is 4.63. The molecule has 0 saturated carbocycles. The molecule has 0 aliphatic carbocycles. The number of ether oxygens (including phenoxy) is 4. The maximum Gasteiger partial charge on any atom is 0.303 e. The van der Waals surface area contributed by atoms with Gasteiger partial charge in [0.05, 0.1) is 12.2 Å². The lowest BCUT2D eigenvalue weighted by Gasteiger charge is -2.43. The van der Waals surface area contributed by atoms with E-state index < -0.39 is 54.1 Å². The highest BCUT2D eigenvalue weighted by Crippen LogP contribution is 2.37. The third-order valence-electron chi connectivity index (χ3n) is 4.61. The van der Waals surface area contributed by atoms with Crippen LogP contribution in [0.2, 0.25) is 5.15 Å². The zero-order valence-corrected chi connectivity index (χ0v) is 17.8. The molecule has 166 valence electrons. The van der Waals surface area contributed by atoms with E-state index in [1.807, 2.05) is 0 Å². The van der Waals surface area contributed by atoms with Crippen molar-refractivity contribution < 1.29 is 42.9 Å². The summed E-state index contributed by atoms with van der Waals surface area (Å²) in [6.07, 6.45) is -5.26. The van der Waals surface area contributed by atoms with E-state index in [9.17, 15) is 24.0 Å². The number of halogens is 1. The Labute approximate surface area is 181 Å². The van der Waals surface area contributed by atoms with E-state index in [1.54, 1.807) is 6.92 Å². The van der Waals surface area contributed by atoms with Gasteiger partial charge in [0.25, 0.3) is 5.78 Å². The topological polar surface area (TPSA) is 138 Å². The molecule has 2 aliphatic heterocycles. The zero-order chi connectivity index (χ0) is 23.0.